The summed E-state index contributed by atoms with van der Waals surface area (Å²) in [4.78, 5) is 0. The Labute approximate surface area is 130 Å². The fourth-order valence-electron chi connectivity index (χ4n) is 3.63. The molecule has 1 aliphatic rings. The van der Waals surface area contributed by atoms with E-state index in [2.05, 4.69) is 61.0 Å². The smallest absolute Gasteiger partial charge is 0.0399 e. The SMILES string of the molecule is C#Cc1c(C=C)c2c(c3c1ccc1ccccc13)CCC=C2. The van der Waals surface area contributed by atoms with Gasteiger partial charge in [0.2, 0.25) is 0 Å². The predicted molar refractivity (Wildman–Crippen MR) is 96.8 cm³/mol. The standard InChI is InChI=1S/C22H16/c1-3-16-17(4-2)21-14-13-15-9-5-6-10-18(15)22(21)20-12-8-7-11-19(16)20/h2-3,5-7,9-11,13-14H,1,8,12H2. The van der Waals surface area contributed by atoms with Crippen LogP contribution in [0.25, 0.3) is 33.7 Å². The van der Waals surface area contributed by atoms with Crippen molar-refractivity contribution in [1.29, 1.82) is 0 Å². The van der Waals surface area contributed by atoms with Crippen molar-refractivity contribution >= 4 is 33.7 Å². The van der Waals surface area contributed by atoms with E-state index in [1.165, 1.54) is 32.7 Å². The fourth-order valence-corrected chi connectivity index (χ4v) is 3.63. The molecule has 0 saturated heterocycles. The molecular formula is C22H16. The van der Waals surface area contributed by atoms with Crippen molar-refractivity contribution in [2.75, 3.05) is 0 Å². The lowest BCUT2D eigenvalue weighted by Gasteiger charge is -2.20. The van der Waals surface area contributed by atoms with Gasteiger partial charge in [-0.25, -0.2) is 0 Å². The van der Waals surface area contributed by atoms with E-state index < -0.39 is 0 Å². The first-order valence-corrected chi connectivity index (χ1v) is 7.61. The molecule has 0 spiro atoms. The minimum absolute atomic E-state index is 0.959. The van der Waals surface area contributed by atoms with Gasteiger partial charge in [0.05, 0.1) is 0 Å². The van der Waals surface area contributed by atoms with E-state index in [0.717, 1.165) is 24.0 Å². The molecule has 0 nitrogen and oxygen atoms in total. The first-order valence-electron chi connectivity index (χ1n) is 7.61. The van der Waals surface area contributed by atoms with Crippen LogP contribution in [-0.4, -0.2) is 0 Å². The van der Waals surface area contributed by atoms with Crippen LogP contribution in [0.15, 0.2) is 49.1 Å². The van der Waals surface area contributed by atoms with Crippen molar-refractivity contribution in [3.63, 3.8) is 0 Å². The second-order valence-corrected chi connectivity index (χ2v) is 5.68. The summed E-state index contributed by atoms with van der Waals surface area (Å²) in [6.07, 6.45) is 14.3. The molecule has 0 aliphatic heterocycles. The number of fused-ring (bicyclic) bond motifs is 5. The maximum absolute atomic E-state index is 5.85. The highest BCUT2D eigenvalue weighted by Gasteiger charge is 2.18. The van der Waals surface area contributed by atoms with Crippen LogP contribution in [0.4, 0.5) is 0 Å². The number of terminal acetylenes is 1. The Hall–Kier alpha value is -2.78. The maximum atomic E-state index is 5.85. The Kier molecular flexibility index (Phi) is 2.88. The number of allylic oxidation sites excluding steroid dienone is 1. The quantitative estimate of drug-likeness (QED) is 0.403. The number of hydrogen-bond donors (Lipinski definition) is 0. The second kappa shape index (κ2) is 4.90. The van der Waals surface area contributed by atoms with E-state index in [9.17, 15) is 0 Å². The van der Waals surface area contributed by atoms with Gasteiger partial charge in [0.1, 0.15) is 0 Å². The van der Waals surface area contributed by atoms with Gasteiger partial charge in [-0.2, -0.15) is 0 Å². The Morgan fingerprint density at radius 2 is 1.95 bits per heavy atom. The average molecular weight is 280 g/mol. The van der Waals surface area contributed by atoms with Crippen molar-refractivity contribution < 1.29 is 0 Å². The molecule has 4 rings (SSSR count). The summed E-state index contributed by atoms with van der Waals surface area (Å²) in [7, 11) is 0. The molecule has 0 atom stereocenters. The van der Waals surface area contributed by atoms with Gasteiger partial charge in [-0.05, 0) is 51.1 Å². The van der Waals surface area contributed by atoms with Crippen LogP contribution < -0.4 is 0 Å². The summed E-state index contributed by atoms with van der Waals surface area (Å²) in [6, 6.07) is 12.9. The van der Waals surface area contributed by atoms with Crippen molar-refractivity contribution in [3.05, 3.63) is 71.3 Å². The lowest BCUT2D eigenvalue weighted by atomic mass is 9.83. The number of benzene rings is 3. The molecule has 0 radical (unpaired) electrons. The zero-order chi connectivity index (χ0) is 15.1. The first-order chi connectivity index (χ1) is 10.8. The Bertz CT molecular complexity index is 994. The van der Waals surface area contributed by atoms with Gasteiger partial charge >= 0.3 is 0 Å². The van der Waals surface area contributed by atoms with Crippen molar-refractivity contribution in [1.82, 2.24) is 0 Å². The third-order valence-electron chi connectivity index (χ3n) is 4.58. The van der Waals surface area contributed by atoms with Crippen molar-refractivity contribution in [2.45, 2.75) is 12.8 Å². The van der Waals surface area contributed by atoms with Crippen molar-refractivity contribution in [3.8, 4) is 12.3 Å². The topological polar surface area (TPSA) is 0 Å². The maximum Gasteiger partial charge on any atom is 0.0399 e. The van der Waals surface area contributed by atoms with Gasteiger partial charge in [0.15, 0.2) is 0 Å². The molecule has 1 aliphatic carbocycles. The predicted octanol–water partition coefficient (Wildman–Crippen LogP) is 5.58. The molecule has 3 aromatic carbocycles. The molecule has 22 heavy (non-hydrogen) atoms. The van der Waals surface area contributed by atoms with E-state index in [0.29, 0.717) is 0 Å². The minimum atomic E-state index is 0.959. The van der Waals surface area contributed by atoms with E-state index in [-0.39, 0.29) is 0 Å². The number of aryl methyl sites for hydroxylation is 1. The van der Waals surface area contributed by atoms with Crippen LogP contribution in [0.2, 0.25) is 0 Å². The zero-order valence-electron chi connectivity index (χ0n) is 12.4. The number of hydrogen-bond acceptors (Lipinski definition) is 0. The third kappa shape index (κ3) is 1.66. The normalized spacial score (nSPS) is 13.0. The monoisotopic (exact) mass is 280 g/mol. The number of rotatable bonds is 1. The largest absolute Gasteiger partial charge is 0.115 e. The summed E-state index contributed by atoms with van der Waals surface area (Å²) in [5, 5.41) is 5.04. The minimum Gasteiger partial charge on any atom is -0.115 e. The van der Waals surface area contributed by atoms with Gasteiger partial charge in [-0.3, -0.25) is 0 Å². The third-order valence-corrected chi connectivity index (χ3v) is 4.58. The molecule has 0 heterocycles. The average Bonchev–Trinajstić information content (AvgIpc) is 2.59. The summed E-state index contributed by atoms with van der Waals surface area (Å²) in [6.45, 7) is 3.99. The Morgan fingerprint density at radius 3 is 2.77 bits per heavy atom. The molecule has 0 heteroatoms. The molecule has 0 fully saturated rings. The molecule has 3 aromatic rings. The van der Waals surface area contributed by atoms with Gasteiger partial charge in [-0.1, -0.05) is 67.1 Å². The summed E-state index contributed by atoms with van der Waals surface area (Å²) in [5.74, 6) is 2.90. The molecule has 0 N–H and O–H groups in total. The molecular weight excluding hydrogens is 264 g/mol. The molecule has 104 valence electrons. The fraction of sp³-hybridized carbons (Fsp3) is 0.0909. The van der Waals surface area contributed by atoms with E-state index in [1.54, 1.807) is 0 Å². The van der Waals surface area contributed by atoms with E-state index in [1.807, 2.05) is 6.08 Å². The molecule has 0 bridgehead atoms. The van der Waals surface area contributed by atoms with Crippen LogP contribution in [-0.2, 0) is 6.42 Å². The molecule has 0 amide bonds. The lowest BCUT2D eigenvalue weighted by molar-refractivity contribution is 0.997. The summed E-state index contributed by atoms with van der Waals surface area (Å²) < 4.78 is 0. The highest BCUT2D eigenvalue weighted by Crippen LogP contribution is 2.38. The van der Waals surface area contributed by atoms with Gasteiger partial charge in [0.25, 0.3) is 0 Å². The summed E-state index contributed by atoms with van der Waals surface area (Å²) in [5.41, 5.74) is 4.71. The highest BCUT2D eigenvalue weighted by atomic mass is 14.2. The van der Waals surface area contributed by atoms with E-state index in [4.69, 9.17) is 6.42 Å². The summed E-state index contributed by atoms with van der Waals surface area (Å²) >= 11 is 0. The van der Waals surface area contributed by atoms with Crippen LogP contribution in [0.1, 0.15) is 28.7 Å². The Morgan fingerprint density at radius 1 is 1.09 bits per heavy atom. The van der Waals surface area contributed by atoms with Crippen LogP contribution >= 0.6 is 0 Å². The van der Waals surface area contributed by atoms with E-state index >= 15 is 0 Å². The highest BCUT2D eigenvalue weighted by molar-refractivity contribution is 6.13. The molecule has 0 saturated carbocycles. The zero-order valence-corrected chi connectivity index (χ0v) is 12.4. The first kappa shape index (κ1) is 12.9. The van der Waals surface area contributed by atoms with Gasteiger partial charge < -0.3 is 0 Å². The van der Waals surface area contributed by atoms with Crippen molar-refractivity contribution in [2.24, 2.45) is 0 Å². The molecule has 0 unspecified atom stereocenters. The van der Waals surface area contributed by atoms with Crippen LogP contribution in [0, 0.1) is 12.3 Å². The van der Waals surface area contributed by atoms with Crippen LogP contribution in [0.3, 0.4) is 0 Å². The molecule has 0 aromatic heterocycles. The van der Waals surface area contributed by atoms with Gasteiger partial charge in [0, 0.05) is 5.56 Å². The lowest BCUT2D eigenvalue weighted by Crippen LogP contribution is -2.02. The second-order valence-electron chi connectivity index (χ2n) is 5.68. The Balaban J connectivity index is 2.34. The van der Waals surface area contributed by atoms with Gasteiger partial charge in [-0.15, -0.1) is 6.42 Å². The van der Waals surface area contributed by atoms with Crippen LogP contribution in [0.5, 0.6) is 0 Å².